The van der Waals surface area contributed by atoms with Crippen LogP contribution in [-0.2, 0) is 16.0 Å². The highest BCUT2D eigenvalue weighted by molar-refractivity contribution is 5.76. The Balaban J connectivity index is 2.38. The van der Waals surface area contributed by atoms with E-state index >= 15 is 0 Å². The molecule has 0 atom stereocenters. The first-order chi connectivity index (χ1) is 9.72. The fourth-order valence-corrected chi connectivity index (χ4v) is 1.69. The molecule has 1 aromatic rings. The van der Waals surface area contributed by atoms with Crippen molar-refractivity contribution in [1.82, 2.24) is 5.32 Å². The van der Waals surface area contributed by atoms with E-state index in [1.54, 1.807) is 13.8 Å². The number of nitrogens with one attached hydrogen (secondary N) is 1. The lowest BCUT2D eigenvalue weighted by Gasteiger charge is -2.18. The molecule has 1 rings (SSSR count). The lowest BCUT2D eigenvalue weighted by molar-refractivity contribution is -0.147. The van der Waals surface area contributed by atoms with E-state index in [9.17, 15) is 18.4 Å². The van der Waals surface area contributed by atoms with Crippen molar-refractivity contribution in [3.63, 3.8) is 0 Å². The van der Waals surface area contributed by atoms with Gasteiger partial charge in [0.15, 0.2) is 0 Å². The minimum atomic E-state index is -0.932. The highest BCUT2D eigenvalue weighted by atomic mass is 19.1. The zero-order chi connectivity index (χ0) is 16.0. The van der Waals surface area contributed by atoms with Gasteiger partial charge in [-0.1, -0.05) is 0 Å². The maximum absolute atomic E-state index is 13.4. The summed E-state index contributed by atoms with van der Waals surface area (Å²) in [6, 6.07) is 3.11. The zero-order valence-corrected chi connectivity index (χ0v) is 12.1. The van der Waals surface area contributed by atoms with Crippen LogP contribution in [0.4, 0.5) is 8.78 Å². The van der Waals surface area contributed by atoms with E-state index in [2.05, 4.69) is 5.32 Å². The Bertz CT molecular complexity index is 530. The molecule has 6 heteroatoms. The molecule has 0 aliphatic rings. The van der Waals surface area contributed by atoms with Gasteiger partial charge in [-0.3, -0.25) is 9.59 Å². The molecule has 0 heterocycles. The van der Waals surface area contributed by atoms with Gasteiger partial charge in [-0.05, 0) is 50.5 Å². The van der Waals surface area contributed by atoms with Crippen LogP contribution in [0.2, 0.25) is 0 Å². The number of hydrogen-bond donors (Lipinski definition) is 2. The Labute approximate surface area is 122 Å². The highest BCUT2D eigenvalue weighted by Gasteiger charge is 2.26. The molecule has 1 amide bonds. The van der Waals surface area contributed by atoms with Gasteiger partial charge < -0.3 is 10.4 Å². The molecule has 2 N–H and O–H groups in total. The van der Waals surface area contributed by atoms with Crippen molar-refractivity contribution in [1.29, 1.82) is 0 Å². The predicted octanol–water partition coefficient (Wildman–Crippen LogP) is 2.51. The first-order valence-electron chi connectivity index (χ1n) is 6.66. The second-order valence-corrected chi connectivity index (χ2v) is 5.52. The van der Waals surface area contributed by atoms with Gasteiger partial charge in [0.1, 0.15) is 11.6 Å². The fraction of sp³-hybridized carbons (Fsp3) is 0.467. The molecule has 0 aliphatic heterocycles. The Hall–Kier alpha value is -1.98. The molecule has 0 bridgehead atoms. The standard InChI is InChI=1S/C15H19F2NO3/c1-15(2,14(20)21)7-8-18-13(19)6-3-10-9-11(16)4-5-12(10)17/h4-5,9H,3,6-8H2,1-2H3,(H,18,19)(H,20,21). The van der Waals surface area contributed by atoms with Crippen molar-refractivity contribution >= 4 is 11.9 Å². The van der Waals surface area contributed by atoms with Crippen LogP contribution in [-0.4, -0.2) is 23.5 Å². The second kappa shape index (κ2) is 7.15. The van der Waals surface area contributed by atoms with E-state index in [1.165, 1.54) is 0 Å². The van der Waals surface area contributed by atoms with E-state index in [-0.39, 0.29) is 30.9 Å². The summed E-state index contributed by atoms with van der Waals surface area (Å²) in [5, 5.41) is 11.5. The maximum atomic E-state index is 13.4. The second-order valence-electron chi connectivity index (χ2n) is 5.52. The number of halogens is 2. The van der Waals surface area contributed by atoms with Gasteiger partial charge in [0.25, 0.3) is 0 Å². The summed E-state index contributed by atoms with van der Waals surface area (Å²) in [5.74, 6) is -2.34. The number of benzene rings is 1. The van der Waals surface area contributed by atoms with E-state index in [0.717, 1.165) is 18.2 Å². The minimum Gasteiger partial charge on any atom is -0.481 e. The van der Waals surface area contributed by atoms with E-state index in [1.807, 2.05) is 0 Å². The first kappa shape index (κ1) is 17.1. The van der Waals surface area contributed by atoms with Gasteiger partial charge in [-0.15, -0.1) is 0 Å². The van der Waals surface area contributed by atoms with Crippen LogP contribution in [0.3, 0.4) is 0 Å². The van der Waals surface area contributed by atoms with Crippen molar-refractivity contribution in [3.8, 4) is 0 Å². The van der Waals surface area contributed by atoms with Crippen LogP contribution >= 0.6 is 0 Å². The Morgan fingerprint density at radius 3 is 2.57 bits per heavy atom. The molecule has 1 aromatic carbocycles. The summed E-state index contributed by atoms with van der Waals surface area (Å²) in [6.07, 6.45) is 0.411. The van der Waals surface area contributed by atoms with Crippen molar-refractivity contribution in [2.75, 3.05) is 6.54 Å². The number of carboxylic acid groups (broad SMARTS) is 1. The molecule has 0 aliphatic carbocycles. The molecular formula is C15H19F2NO3. The van der Waals surface area contributed by atoms with Crippen LogP contribution in [0.5, 0.6) is 0 Å². The molecular weight excluding hydrogens is 280 g/mol. The summed E-state index contributed by atoms with van der Waals surface area (Å²) in [4.78, 5) is 22.5. The van der Waals surface area contributed by atoms with Gasteiger partial charge in [0.05, 0.1) is 5.41 Å². The van der Waals surface area contributed by atoms with Gasteiger partial charge >= 0.3 is 5.97 Å². The zero-order valence-electron chi connectivity index (χ0n) is 12.1. The molecule has 0 unspecified atom stereocenters. The van der Waals surface area contributed by atoms with E-state index in [0.29, 0.717) is 6.42 Å². The van der Waals surface area contributed by atoms with Crippen LogP contribution < -0.4 is 5.32 Å². The van der Waals surface area contributed by atoms with Crippen molar-refractivity contribution in [2.24, 2.45) is 5.41 Å². The summed E-state index contributed by atoms with van der Waals surface area (Å²) >= 11 is 0. The molecule has 0 saturated carbocycles. The number of amides is 1. The quantitative estimate of drug-likeness (QED) is 0.813. The molecule has 4 nitrogen and oxygen atoms in total. The topological polar surface area (TPSA) is 66.4 Å². The fourth-order valence-electron chi connectivity index (χ4n) is 1.69. The van der Waals surface area contributed by atoms with Crippen molar-refractivity contribution in [3.05, 3.63) is 35.4 Å². The van der Waals surface area contributed by atoms with Crippen molar-refractivity contribution < 1.29 is 23.5 Å². The summed E-state index contributed by atoms with van der Waals surface area (Å²) in [5.41, 5.74) is -0.766. The number of carbonyl (C=O) groups is 2. The van der Waals surface area contributed by atoms with E-state index < -0.39 is 23.0 Å². The normalized spacial score (nSPS) is 11.2. The van der Waals surface area contributed by atoms with Crippen LogP contribution in [0, 0.1) is 17.0 Å². The minimum absolute atomic E-state index is 0.0217. The molecule has 0 saturated heterocycles. The third kappa shape index (κ3) is 5.49. The molecule has 0 fully saturated rings. The average Bonchev–Trinajstić information content (AvgIpc) is 2.39. The summed E-state index contributed by atoms with van der Waals surface area (Å²) < 4.78 is 26.3. The first-order valence-corrected chi connectivity index (χ1v) is 6.66. The molecule has 0 radical (unpaired) electrons. The van der Waals surface area contributed by atoms with Crippen LogP contribution in [0.25, 0.3) is 0 Å². The van der Waals surface area contributed by atoms with Gasteiger partial charge in [0.2, 0.25) is 5.91 Å². The number of hydrogen-bond acceptors (Lipinski definition) is 2. The number of rotatable bonds is 7. The Morgan fingerprint density at radius 1 is 1.29 bits per heavy atom. The molecule has 116 valence electrons. The maximum Gasteiger partial charge on any atom is 0.309 e. The summed E-state index contributed by atoms with van der Waals surface area (Å²) in [6.45, 7) is 3.37. The van der Waals surface area contributed by atoms with Gasteiger partial charge in [-0.2, -0.15) is 0 Å². The third-order valence-corrected chi connectivity index (χ3v) is 3.28. The number of carbonyl (C=O) groups excluding carboxylic acids is 1. The lowest BCUT2D eigenvalue weighted by atomic mass is 9.90. The van der Waals surface area contributed by atoms with E-state index in [4.69, 9.17) is 5.11 Å². The Morgan fingerprint density at radius 2 is 1.95 bits per heavy atom. The summed E-state index contributed by atoms with van der Waals surface area (Å²) in [7, 11) is 0. The predicted molar refractivity (Wildman–Crippen MR) is 73.7 cm³/mol. The lowest BCUT2D eigenvalue weighted by Crippen LogP contribution is -2.32. The van der Waals surface area contributed by atoms with Crippen LogP contribution in [0.15, 0.2) is 18.2 Å². The number of aliphatic carboxylic acids is 1. The largest absolute Gasteiger partial charge is 0.481 e. The number of aryl methyl sites for hydroxylation is 1. The molecule has 0 aromatic heterocycles. The van der Waals surface area contributed by atoms with Gasteiger partial charge in [0, 0.05) is 13.0 Å². The van der Waals surface area contributed by atoms with Gasteiger partial charge in [-0.25, -0.2) is 8.78 Å². The smallest absolute Gasteiger partial charge is 0.309 e. The SMILES string of the molecule is CC(C)(CCNC(=O)CCc1cc(F)ccc1F)C(=O)O. The Kier molecular flexibility index (Phi) is 5.81. The number of carboxylic acids is 1. The molecule has 21 heavy (non-hydrogen) atoms. The van der Waals surface area contributed by atoms with Crippen LogP contribution in [0.1, 0.15) is 32.3 Å². The van der Waals surface area contributed by atoms with Crippen molar-refractivity contribution in [2.45, 2.75) is 33.1 Å². The highest BCUT2D eigenvalue weighted by Crippen LogP contribution is 2.19. The average molecular weight is 299 g/mol. The third-order valence-electron chi connectivity index (χ3n) is 3.28. The molecule has 0 spiro atoms. The monoisotopic (exact) mass is 299 g/mol.